The third kappa shape index (κ3) is 3.12. The molecular weight excluding hydrogens is 184 g/mol. The summed E-state index contributed by atoms with van der Waals surface area (Å²) >= 11 is 5.17. The van der Waals surface area contributed by atoms with Gasteiger partial charge in [0.15, 0.2) is 5.11 Å². The zero-order valence-corrected chi connectivity index (χ0v) is 9.19. The van der Waals surface area contributed by atoms with E-state index in [0.29, 0.717) is 6.10 Å². The molecule has 1 aliphatic rings. The van der Waals surface area contributed by atoms with Crippen LogP contribution in [-0.2, 0) is 4.74 Å². The molecule has 0 saturated carbocycles. The molecule has 0 aliphatic carbocycles. The van der Waals surface area contributed by atoms with Crippen LogP contribution in [-0.4, -0.2) is 42.9 Å². The second-order valence-corrected chi connectivity index (χ2v) is 3.62. The van der Waals surface area contributed by atoms with Crippen LogP contribution in [0.15, 0.2) is 0 Å². The van der Waals surface area contributed by atoms with E-state index in [-0.39, 0.29) is 0 Å². The Bertz CT molecular complexity index is 169. The Morgan fingerprint density at radius 2 is 2.46 bits per heavy atom. The summed E-state index contributed by atoms with van der Waals surface area (Å²) in [7, 11) is 1.86. The van der Waals surface area contributed by atoms with Crippen molar-refractivity contribution in [1.29, 1.82) is 0 Å². The fourth-order valence-electron chi connectivity index (χ4n) is 1.55. The van der Waals surface area contributed by atoms with Gasteiger partial charge in [0, 0.05) is 26.7 Å². The zero-order chi connectivity index (χ0) is 9.68. The van der Waals surface area contributed by atoms with Gasteiger partial charge in [-0.15, -0.1) is 0 Å². The molecule has 1 heterocycles. The van der Waals surface area contributed by atoms with E-state index in [1.54, 1.807) is 0 Å². The van der Waals surface area contributed by atoms with Gasteiger partial charge >= 0.3 is 0 Å². The SMILES string of the molecule is CCN(CC1CCCO1)C(=S)NC. The Hall–Kier alpha value is -0.350. The van der Waals surface area contributed by atoms with Crippen molar-refractivity contribution in [2.45, 2.75) is 25.9 Å². The lowest BCUT2D eigenvalue weighted by Crippen LogP contribution is -2.41. The standard InChI is InChI=1S/C9H18N2OS/c1-3-11(9(13)10-2)7-8-5-4-6-12-8/h8H,3-7H2,1-2H3,(H,10,13). The summed E-state index contributed by atoms with van der Waals surface area (Å²) in [6.45, 7) is 4.89. The van der Waals surface area contributed by atoms with Gasteiger partial charge in [-0.1, -0.05) is 0 Å². The fraction of sp³-hybridized carbons (Fsp3) is 0.889. The normalized spacial score (nSPS) is 21.5. The lowest BCUT2D eigenvalue weighted by Gasteiger charge is -2.25. The summed E-state index contributed by atoms with van der Waals surface area (Å²) in [5, 5.41) is 3.81. The van der Waals surface area contributed by atoms with Crippen LogP contribution in [0.2, 0.25) is 0 Å². The monoisotopic (exact) mass is 202 g/mol. The highest BCUT2D eigenvalue weighted by molar-refractivity contribution is 7.80. The van der Waals surface area contributed by atoms with E-state index in [1.165, 1.54) is 12.8 Å². The predicted molar refractivity (Wildman–Crippen MR) is 57.9 cm³/mol. The number of likely N-dealkylation sites (N-methyl/N-ethyl adjacent to an activating group) is 1. The first kappa shape index (κ1) is 10.7. The van der Waals surface area contributed by atoms with E-state index in [4.69, 9.17) is 17.0 Å². The van der Waals surface area contributed by atoms with Gasteiger partial charge in [0.1, 0.15) is 0 Å². The molecule has 0 amide bonds. The van der Waals surface area contributed by atoms with Crippen molar-refractivity contribution < 1.29 is 4.74 Å². The van der Waals surface area contributed by atoms with Gasteiger partial charge in [0.25, 0.3) is 0 Å². The number of thiocarbonyl (C=S) groups is 1. The van der Waals surface area contributed by atoms with E-state index in [1.807, 2.05) is 7.05 Å². The van der Waals surface area contributed by atoms with E-state index in [0.717, 1.165) is 24.8 Å². The van der Waals surface area contributed by atoms with E-state index in [2.05, 4.69) is 17.1 Å². The van der Waals surface area contributed by atoms with Crippen molar-refractivity contribution in [2.75, 3.05) is 26.7 Å². The summed E-state index contributed by atoms with van der Waals surface area (Å²) in [6.07, 6.45) is 2.74. The largest absolute Gasteiger partial charge is 0.376 e. The Morgan fingerprint density at radius 3 is 2.92 bits per heavy atom. The number of hydrogen-bond donors (Lipinski definition) is 1. The maximum Gasteiger partial charge on any atom is 0.168 e. The molecule has 4 heteroatoms. The van der Waals surface area contributed by atoms with Gasteiger partial charge in [-0.05, 0) is 32.0 Å². The molecule has 13 heavy (non-hydrogen) atoms. The van der Waals surface area contributed by atoms with Crippen LogP contribution in [0, 0.1) is 0 Å². The molecule has 1 saturated heterocycles. The Balaban J connectivity index is 2.33. The Morgan fingerprint density at radius 1 is 1.69 bits per heavy atom. The molecule has 0 spiro atoms. The second-order valence-electron chi connectivity index (χ2n) is 3.23. The molecule has 1 fully saturated rings. The topological polar surface area (TPSA) is 24.5 Å². The highest BCUT2D eigenvalue weighted by Crippen LogP contribution is 2.13. The van der Waals surface area contributed by atoms with Crippen LogP contribution in [0.1, 0.15) is 19.8 Å². The number of nitrogens with zero attached hydrogens (tertiary/aromatic N) is 1. The number of hydrogen-bond acceptors (Lipinski definition) is 2. The molecule has 3 nitrogen and oxygen atoms in total. The minimum atomic E-state index is 0.381. The molecule has 0 bridgehead atoms. The lowest BCUT2D eigenvalue weighted by atomic mass is 10.2. The van der Waals surface area contributed by atoms with Crippen molar-refractivity contribution in [3.8, 4) is 0 Å². The maximum absolute atomic E-state index is 5.55. The van der Waals surface area contributed by atoms with Crippen LogP contribution >= 0.6 is 12.2 Å². The molecule has 1 N–H and O–H groups in total. The van der Waals surface area contributed by atoms with E-state index >= 15 is 0 Å². The number of ether oxygens (including phenoxy) is 1. The molecule has 0 aromatic heterocycles. The first-order chi connectivity index (χ1) is 6.27. The number of rotatable bonds is 3. The van der Waals surface area contributed by atoms with Crippen LogP contribution in [0.5, 0.6) is 0 Å². The summed E-state index contributed by atoms with van der Waals surface area (Å²) < 4.78 is 5.55. The van der Waals surface area contributed by atoms with Crippen LogP contribution in [0.3, 0.4) is 0 Å². The molecule has 1 atom stereocenters. The molecular formula is C9H18N2OS. The predicted octanol–water partition coefficient (Wildman–Crippen LogP) is 0.992. The van der Waals surface area contributed by atoms with E-state index in [9.17, 15) is 0 Å². The lowest BCUT2D eigenvalue weighted by molar-refractivity contribution is 0.0922. The summed E-state index contributed by atoms with van der Waals surface area (Å²) in [4.78, 5) is 2.14. The van der Waals surface area contributed by atoms with E-state index < -0.39 is 0 Å². The van der Waals surface area contributed by atoms with Crippen LogP contribution in [0.4, 0.5) is 0 Å². The highest BCUT2D eigenvalue weighted by Gasteiger charge is 2.19. The minimum absolute atomic E-state index is 0.381. The van der Waals surface area contributed by atoms with Crippen molar-refractivity contribution in [1.82, 2.24) is 10.2 Å². The highest BCUT2D eigenvalue weighted by atomic mass is 32.1. The van der Waals surface area contributed by atoms with Crippen molar-refractivity contribution in [2.24, 2.45) is 0 Å². The van der Waals surface area contributed by atoms with Crippen LogP contribution < -0.4 is 5.32 Å². The Kier molecular flexibility index (Phi) is 4.45. The third-order valence-corrected chi connectivity index (χ3v) is 2.79. The molecule has 0 aromatic carbocycles. The van der Waals surface area contributed by atoms with Gasteiger partial charge in [0.05, 0.1) is 6.10 Å². The summed E-state index contributed by atoms with van der Waals surface area (Å²) in [6, 6.07) is 0. The van der Waals surface area contributed by atoms with Crippen molar-refractivity contribution >= 4 is 17.3 Å². The molecule has 1 aliphatic heterocycles. The molecule has 0 radical (unpaired) electrons. The fourth-order valence-corrected chi connectivity index (χ4v) is 1.75. The average Bonchev–Trinajstić information content (AvgIpc) is 2.65. The zero-order valence-electron chi connectivity index (χ0n) is 8.38. The second kappa shape index (κ2) is 5.40. The Labute approximate surface area is 85.4 Å². The third-order valence-electron chi connectivity index (χ3n) is 2.33. The molecule has 1 unspecified atom stereocenters. The minimum Gasteiger partial charge on any atom is -0.376 e. The average molecular weight is 202 g/mol. The van der Waals surface area contributed by atoms with Gasteiger partial charge < -0.3 is 15.0 Å². The summed E-state index contributed by atoms with van der Waals surface area (Å²) in [5.74, 6) is 0. The maximum atomic E-state index is 5.55. The van der Waals surface area contributed by atoms with Gasteiger partial charge in [-0.3, -0.25) is 0 Å². The first-order valence-electron chi connectivity index (χ1n) is 4.86. The number of nitrogens with one attached hydrogen (secondary N) is 1. The van der Waals surface area contributed by atoms with Gasteiger partial charge in [-0.25, -0.2) is 0 Å². The van der Waals surface area contributed by atoms with Gasteiger partial charge in [0.2, 0.25) is 0 Å². The smallest absolute Gasteiger partial charge is 0.168 e. The molecule has 1 rings (SSSR count). The molecule has 76 valence electrons. The quantitative estimate of drug-likeness (QED) is 0.690. The van der Waals surface area contributed by atoms with Crippen molar-refractivity contribution in [3.63, 3.8) is 0 Å². The summed E-state index contributed by atoms with van der Waals surface area (Å²) in [5.41, 5.74) is 0. The first-order valence-corrected chi connectivity index (χ1v) is 5.27. The van der Waals surface area contributed by atoms with Crippen molar-refractivity contribution in [3.05, 3.63) is 0 Å². The van der Waals surface area contributed by atoms with Crippen LogP contribution in [0.25, 0.3) is 0 Å². The molecule has 0 aromatic rings. The van der Waals surface area contributed by atoms with Gasteiger partial charge in [-0.2, -0.15) is 0 Å².